The Balaban J connectivity index is 2.96. The second-order valence-electron chi connectivity index (χ2n) is 4.11. The third-order valence-electron chi connectivity index (χ3n) is 2.63. The van der Waals surface area contributed by atoms with Crippen molar-refractivity contribution in [2.24, 2.45) is 0 Å². The fraction of sp³-hybridized carbons (Fsp3) is 0.188. The first kappa shape index (κ1) is 14.0. The number of carbonyl (C=O) groups is 1. The van der Waals surface area contributed by atoms with Crippen LogP contribution in [0.15, 0.2) is 60.7 Å². The summed E-state index contributed by atoms with van der Waals surface area (Å²) in [6, 6.07) is 7.58. The van der Waals surface area contributed by atoms with Crippen LogP contribution < -0.4 is 4.90 Å². The molecule has 0 fully saturated rings. The number of nitrogens with zero attached hydrogens (tertiary/aromatic N) is 1. The van der Waals surface area contributed by atoms with E-state index in [9.17, 15) is 4.79 Å². The summed E-state index contributed by atoms with van der Waals surface area (Å²) in [5, 5.41) is 0. The van der Waals surface area contributed by atoms with Crippen molar-refractivity contribution in [3.05, 3.63) is 66.3 Å². The first-order valence-electron chi connectivity index (χ1n) is 5.87. The number of benzene rings is 1. The van der Waals surface area contributed by atoms with Crippen LogP contribution in [0.5, 0.6) is 0 Å². The summed E-state index contributed by atoms with van der Waals surface area (Å²) in [6.07, 6.45) is 7.00. The molecule has 0 amide bonds. The van der Waals surface area contributed by atoms with Gasteiger partial charge in [0.1, 0.15) is 0 Å². The van der Waals surface area contributed by atoms with E-state index in [1.807, 2.05) is 56.3 Å². The molecule has 0 N–H and O–H groups in total. The molecule has 0 aromatic heterocycles. The minimum absolute atomic E-state index is 0.0286. The number of allylic oxidation sites excluding steroid dienone is 5. The van der Waals surface area contributed by atoms with Gasteiger partial charge in [0, 0.05) is 30.9 Å². The standard InChI is InChI=1S/C16H19NO/c1-5-7-8-13(6-2)16(18)14-9-11-15(12-10-14)17(3)4/h5-12H,1H2,2-4H3/b8-7-,13-6+. The minimum atomic E-state index is 0.0286. The van der Waals surface area contributed by atoms with Gasteiger partial charge in [-0.15, -0.1) is 0 Å². The van der Waals surface area contributed by atoms with E-state index in [0.717, 1.165) is 5.69 Å². The van der Waals surface area contributed by atoms with Crippen LogP contribution in [0.1, 0.15) is 17.3 Å². The molecule has 2 heteroatoms. The van der Waals surface area contributed by atoms with Crippen molar-refractivity contribution in [1.82, 2.24) is 0 Å². The summed E-state index contributed by atoms with van der Waals surface area (Å²) < 4.78 is 0. The lowest BCUT2D eigenvalue weighted by Crippen LogP contribution is -2.09. The topological polar surface area (TPSA) is 20.3 Å². The molecular formula is C16H19NO. The van der Waals surface area contributed by atoms with E-state index in [2.05, 4.69) is 6.58 Å². The van der Waals surface area contributed by atoms with Crippen LogP contribution in [0.25, 0.3) is 0 Å². The van der Waals surface area contributed by atoms with Crippen LogP contribution in [0, 0.1) is 0 Å². The predicted molar refractivity (Wildman–Crippen MR) is 78.2 cm³/mol. The Morgan fingerprint density at radius 2 is 1.83 bits per heavy atom. The fourth-order valence-electron chi connectivity index (χ4n) is 1.55. The summed E-state index contributed by atoms with van der Waals surface area (Å²) >= 11 is 0. The Kier molecular flexibility index (Phi) is 5.12. The van der Waals surface area contributed by atoms with E-state index in [1.165, 1.54) is 0 Å². The van der Waals surface area contributed by atoms with Crippen LogP contribution in [-0.4, -0.2) is 19.9 Å². The molecule has 1 aromatic carbocycles. The molecule has 0 bridgehead atoms. The molecule has 0 unspecified atom stereocenters. The maximum absolute atomic E-state index is 12.2. The zero-order valence-electron chi connectivity index (χ0n) is 11.2. The number of rotatable bonds is 5. The minimum Gasteiger partial charge on any atom is -0.378 e. The lowest BCUT2D eigenvalue weighted by atomic mass is 10.0. The molecule has 0 spiro atoms. The highest BCUT2D eigenvalue weighted by atomic mass is 16.1. The quantitative estimate of drug-likeness (QED) is 0.446. The maximum atomic E-state index is 12.2. The number of carbonyl (C=O) groups excluding carboxylic acids is 1. The highest BCUT2D eigenvalue weighted by Gasteiger charge is 2.08. The molecule has 0 saturated heterocycles. The number of hydrogen-bond acceptors (Lipinski definition) is 2. The van der Waals surface area contributed by atoms with Crippen LogP contribution >= 0.6 is 0 Å². The van der Waals surface area contributed by atoms with Gasteiger partial charge in [0.05, 0.1) is 0 Å². The Labute approximate surface area is 109 Å². The fourth-order valence-corrected chi connectivity index (χ4v) is 1.55. The smallest absolute Gasteiger partial charge is 0.192 e. The predicted octanol–water partition coefficient (Wildman–Crippen LogP) is 3.62. The average molecular weight is 241 g/mol. The average Bonchev–Trinajstić information content (AvgIpc) is 2.39. The van der Waals surface area contributed by atoms with Crippen molar-refractivity contribution in [1.29, 1.82) is 0 Å². The van der Waals surface area contributed by atoms with E-state index in [1.54, 1.807) is 18.2 Å². The summed E-state index contributed by atoms with van der Waals surface area (Å²) in [5.41, 5.74) is 2.45. The molecule has 0 heterocycles. The van der Waals surface area contributed by atoms with Gasteiger partial charge < -0.3 is 4.90 Å². The molecule has 1 aromatic rings. The highest BCUT2D eigenvalue weighted by molar-refractivity contribution is 6.10. The Morgan fingerprint density at radius 3 is 2.28 bits per heavy atom. The molecule has 1 rings (SSSR count). The SMILES string of the molecule is C=C/C=C\C(=C/C)C(=O)c1ccc(N(C)C)cc1. The molecular weight excluding hydrogens is 222 g/mol. The van der Waals surface area contributed by atoms with Gasteiger partial charge in [0.2, 0.25) is 0 Å². The second kappa shape index (κ2) is 6.60. The summed E-state index contributed by atoms with van der Waals surface area (Å²) in [4.78, 5) is 14.2. The third kappa shape index (κ3) is 3.45. The molecule has 94 valence electrons. The van der Waals surface area contributed by atoms with Crippen molar-refractivity contribution in [2.75, 3.05) is 19.0 Å². The van der Waals surface area contributed by atoms with E-state index < -0.39 is 0 Å². The molecule has 0 aliphatic rings. The van der Waals surface area contributed by atoms with Gasteiger partial charge >= 0.3 is 0 Å². The van der Waals surface area contributed by atoms with Crippen molar-refractivity contribution >= 4 is 11.5 Å². The van der Waals surface area contributed by atoms with Gasteiger partial charge in [0.15, 0.2) is 5.78 Å². The molecule has 0 atom stereocenters. The normalized spacial score (nSPS) is 11.6. The van der Waals surface area contributed by atoms with Crippen LogP contribution in [0.3, 0.4) is 0 Å². The number of ketones is 1. The number of hydrogen-bond donors (Lipinski definition) is 0. The van der Waals surface area contributed by atoms with Crippen molar-refractivity contribution < 1.29 is 4.79 Å². The highest BCUT2D eigenvalue weighted by Crippen LogP contribution is 2.15. The Bertz CT molecular complexity index is 478. The maximum Gasteiger partial charge on any atom is 0.192 e. The lowest BCUT2D eigenvalue weighted by molar-refractivity contribution is 0.103. The zero-order valence-corrected chi connectivity index (χ0v) is 11.2. The third-order valence-corrected chi connectivity index (χ3v) is 2.63. The van der Waals surface area contributed by atoms with E-state index >= 15 is 0 Å². The molecule has 0 saturated carbocycles. The lowest BCUT2D eigenvalue weighted by Gasteiger charge is -2.12. The van der Waals surface area contributed by atoms with E-state index in [4.69, 9.17) is 0 Å². The van der Waals surface area contributed by atoms with Crippen LogP contribution in [0.2, 0.25) is 0 Å². The van der Waals surface area contributed by atoms with Crippen LogP contribution in [-0.2, 0) is 0 Å². The zero-order chi connectivity index (χ0) is 13.5. The van der Waals surface area contributed by atoms with E-state index in [-0.39, 0.29) is 5.78 Å². The molecule has 0 aliphatic heterocycles. The van der Waals surface area contributed by atoms with Gasteiger partial charge in [-0.25, -0.2) is 0 Å². The van der Waals surface area contributed by atoms with Gasteiger partial charge in [-0.05, 0) is 31.2 Å². The summed E-state index contributed by atoms with van der Waals surface area (Å²) in [5.74, 6) is 0.0286. The molecule has 0 aliphatic carbocycles. The van der Waals surface area contributed by atoms with Gasteiger partial charge in [-0.1, -0.05) is 30.9 Å². The molecule has 0 radical (unpaired) electrons. The Hall–Kier alpha value is -2.09. The molecule has 2 nitrogen and oxygen atoms in total. The summed E-state index contributed by atoms with van der Waals surface area (Å²) in [7, 11) is 3.95. The number of anilines is 1. The first-order valence-corrected chi connectivity index (χ1v) is 5.87. The molecule has 18 heavy (non-hydrogen) atoms. The Morgan fingerprint density at radius 1 is 1.22 bits per heavy atom. The van der Waals surface area contributed by atoms with Crippen molar-refractivity contribution in [3.63, 3.8) is 0 Å². The number of Topliss-reactive ketones (excluding diaryl/α,β-unsaturated/α-hetero) is 1. The first-order chi connectivity index (χ1) is 8.60. The van der Waals surface area contributed by atoms with Crippen LogP contribution in [0.4, 0.5) is 5.69 Å². The van der Waals surface area contributed by atoms with E-state index in [0.29, 0.717) is 11.1 Å². The van der Waals surface area contributed by atoms with Gasteiger partial charge in [-0.2, -0.15) is 0 Å². The monoisotopic (exact) mass is 241 g/mol. The summed E-state index contributed by atoms with van der Waals surface area (Å²) in [6.45, 7) is 5.46. The van der Waals surface area contributed by atoms with Crippen molar-refractivity contribution in [2.45, 2.75) is 6.92 Å². The van der Waals surface area contributed by atoms with Crippen molar-refractivity contribution in [3.8, 4) is 0 Å². The van der Waals surface area contributed by atoms with Gasteiger partial charge in [-0.3, -0.25) is 4.79 Å². The second-order valence-corrected chi connectivity index (χ2v) is 4.11. The van der Waals surface area contributed by atoms with Gasteiger partial charge in [0.25, 0.3) is 0 Å². The largest absolute Gasteiger partial charge is 0.378 e.